The van der Waals surface area contributed by atoms with Crippen molar-refractivity contribution in [3.63, 3.8) is 0 Å². The lowest BCUT2D eigenvalue weighted by atomic mass is 9.97. The van der Waals surface area contributed by atoms with Gasteiger partial charge in [-0.05, 0) is 37.6 Å². The van der Waals surface area contributed by atoms with E-state index in [1.54, 1.807) is 10.9 Å². The second kappa shape index (κ2) is 6.75. The van der Waals surface area contributed by atoms with Crippen LogP contribution in [0.1, 0.15) is 24.7 Å². The number of rotatable bonds is 5. The summed E-state index contributed by atoms with van der Waals surface area (Å²) < 4.78 is 7.70. The van der Waals surface area contributed by atoms with Gasteiger partial charge in [-0.2, -0.15) is 5.10 Å². The maximum Gasteiger partial charge on any atom is 0.199 e. The van der Waals surface area contributed by atoms with Crippen molar-refractivity contribution in [3.05, 3.63) is 48.6 Å². The summed E-state index contributed by atoms with van der Waals surface area (Å²) in [6.07, 6.45) is 5.36. The van der Waals surface area contributed by atoms with Crippen LogP contribution in [0.2, 0.25) is 0 Å². The number of likely N-dealkylation sites (tertiary alicyclic amines) is 1. The van der Waals surface area contributed by atoms with Gasteiger partial charge >= 0.3 is 0 Å². The van der Waals surface area contributed by atoms with E-state index in [1.807, 2.05) is 36.5 Å². The van der Waals surface area contributed by atoms with Crippen LogP contribution in [-0.2, 0) is 6.54 Å². The quantitative estimate of drug-likeness (QED) is 0.779. The highest BCUT2D eigenvalue weighted by molar-refractivity contribution is 5.72. The first-order valence-corrected chi connectivity index (χ1v) is 8.51. The fourth-order valence-corrected chi connectivity index (χ4v) is 3.47. The Kier molecular flexibility index (Phi) is 4.32. The largest absolute Gasteiger partial charge is 0.440 e. The summed E-state index contributed by atoms with van der Waals surface area (Å²) in [5.41, 5.74) is 1.77. The lowest BCUT2D eigenvalue weighted by Crippen LogP contribution is -2.40. The van der Waals surface area contributed by atoms with Crippen molar-refractivity contribution in [1.29, 1.82) is 0 Å². The predicted molar refractivity (Wildman–Crippen MR) is 90.7 cm³/mol. The number of piperidine rings is 1. The van der Waals surface area contributed by atoms with Crippen LogP contribution in [0.3, 0.4) is 0 Å². The van der Waals surface area contributed by atoms with Gasteiger partial charge in [0.25, 0.3) is 0 Å². The predicted octanol–water partition coefficient (Wildman–Crippen LogP) is 2.26. The maximum absolute atomic E-state index is 10.3. The van der Waals surface area contributed by atoms with Crippen LogP contribution >= 0.6 is 0 Å². The van der Waals surface area contributed by atoms with Crippen LogP contribution in [0.4, 0.5) is 0 Å². The molecule has 24 heavy (non-hydrogen) atoms. The normalized spacial score (nSPS) is 20.5. The van der Waals surface area contributed by atoms with Crippen LogP contribution in [0.5, 0.6) is 0 Å². The molecule has 2 atom stereocenters. The van der Waals surface area contributed by atoms with E-state index in [1.165, 1.54) is 0 Å². The first kappa shape index (κ1) is 15.4. The monoisotopic (exact) mass is 326 g/mol. The van der Waals surface area contributed by atoms with Crippen molar-refractivity contribution in [2.24, 2.45) is 0 Å². The third-order valence-corrected chi connectivity index (χ3v) is 4.59. The van der Waals surface area contributed by atoms with E-state index in [0.717, 1.165) is 42.9 Å². The lowest BCUT2D eigenvalue weighted by Gasteiger charge is -2.32. The first-order valence-electron chi connectivity index (χ1n) is 8.51. The minimum Gasteiger partial charge on any atom is -0.440 e. The molecule has 6 nitrogen and oxygen atoms in total. The molecule has 2 aromatic heterocycles. The lowest BCUT2D eigenvalue weighted by molar-refractivity contribution is 0.0783. The third kappa shape index (κ3) is 3.34. The summed E-state index contributed by atoms with van der Waals surface area (Å²) in [5.74, 6) is 1.12. The average molecular weight is 326 g/mol. The molecular formula is C18H22N4O2. The average Bonchev–Trinajstić information content (AvgIpc) is 3.24. The standard InChI is InChI=1S/C18H22N4O2/c23-15(13-22-10-4-8-19-22)12-21-9-3-5-14(11-21)18-20-16-6-1-2-7-17(16)24-18/h1-2,4,6-8,10,14-15,23H,3,5,9,11-13H2/t14-,15-/m0/s1. The Bertz CT molecular complexity index is 750. The fourth-order valence-electron chi connectivity index (χ4n) is 3.47. The molecule has 1 aliphatic heterocycles. The van der Waals surface area contributed by atoms with E-state index >= 15 is 0 Å². The number of aliphatic hydroxyl groups is 1. The molecule has 0 amide bonds. The van der Waals surface area contributed by atoms with Crippen LogP contribution < -0.4 is 0 Å². The van der Waals surface area contributed by atoms with Gasteiger partial charge in [0.05, 0.1) is 12.6 Å². The van der Waals surface area contributed by atoms with Gasteiger partial charge in [0.15, 0.2) is 11.5 Å². The molecular weight excluding hydrogens is 304 g/mol. The molecule has 1 fully saturated rings. The summed E-state index contributed by atoms with van der Waals surface area (Å²) >= 11 is 0. The number of hydrogen-bond donors (Lipinski definition) is 1. The summed E-state index contributed by atoms with van der Waals surface area (Å²) in [6, 6.07) is 9.76. The SMILES string of the molecule is O[C@@H](CN1CCC[C@H](c2nc3ccccc3o2)C1)Cn1cccn1. The van der Waals surface area contributed by atoms with E-state index in [2.05, 4.69) is 15.0 Å². The minimum atomic E-state index is -0.424. The van der Waals surface area contributed by atoms with Crippen molar-refractivity contribution >= 4 is 11.1 Å². The third-order valence-electron chi connectivity index (χ3n) is 4.59. The molecule has 1 saturated heterocycles. The number of β-amino-alcohol motifs (C(OH)–C–C–N with tert-alkyl or cyclic N) is 1. The summed E-state index contributed by atoms with van der Waals surface area (Å²) in [6.45, 7) is 3.06. The van der Waals surface area contributed by atoms with Gasteiger partial charge in [0.2, 0.25) is 0 Å². The molecule has 1 aromatic carbocycles. The molecule has 3 aromatic rings. The van der Waals surface area contributed by atoms with E-state index in [-0.39, 0.29) is 0 Å². The van der Waals surface area contributed by atoms with Crippen molar-refractivity contribution in [2.45, 2.75) is 31.4 Å². The van der Waals surface area contributed by atoms with Gasteiger partial charge in [0.1, 0.15) is 5.52 Å². The second-order valence-corrected chi connectivity index (χ2v) is 6.50. The number of hydrogen-bond acceptors (Lipinski definition) is 5. The van der Waals surface area contributed by atoms with E-state index in [9.17, 15) is 5.11 Å². The molecule has 0 unspecified atom stereocenters. The van der Waals surface area contributed by atoms with Gasteiger partial charge in [-0.3, -0.25) is 9.58 Å². The molecule has 0 bridgehead atoms. The number of benzene rings is 1. The van der Waals surface area contributed by atoms with Crippen LogP contribution in [-0.4, -0.2) is 50.5 Å². The minimum absolute atomic E-state index is 0.294. The van der Waals surface area contributed by atoms with Gasteiger partial charge in [-0.25, -0.2) is 4.98 Å². The molecule has 0 saturated carbocycles. The molecule has 6 heteroatoms. The number of nitrogens with zero attached hydrogens (tertiary/aromatic N) is 4. The fraction of sp³-hybridized carbons (Fsp3) is 0.444. The molecule has 3 heterocycles. The van der Waals surface area contributed by atoms with Crippen molar-refractivity contribution in [1.82, 2.24) is 19.7 Å². The second-order valence-electron chi connectivity index (χ2n) is 6.50. The highest BCUT2D eigenvalue weighted by Crippen LogP contribution is 2.29. The molecule has 0 aliphatic carbocycles. The molecule has 0 radical (unpaired) electrons. The van der Waals surface area contributed by atoms with Gasteiger partial charge in [0, 0.05) is 31.4 Å². The van der Waals surface area contributed by atoms with Crippen molar-refractivity contribution in [2.75, 3.05) is 19.6 Å². The zero-order chi connectivity index (χ0) is 16.4. The zero-order valence-corrected chi connectivity index (χ0v) is 13.6. The first-order chi connectivity index (χ1) is 11.8. The number of fused-ring (bicyclic) bond motifs is 1. The van der Waals surface area contributed by atoms with Gasteiger partial charge < -0.3 is 9.52 Å². The molecule has 0 spiro atoms. The van der Waals surface area contributed by atoms with Crippen LogP contribution in [0.15, 0.2) is 47.1 Å². The van der Waals surface area contributed by atoms with Crippen molar-refractivity contribution < 1.29 is 9.52 Å². The topological polar surface area (TPSA) is 67.3 Å². The Morgan fingerprint density at radius 2 is 2.17 bits per heavy atom. The number of oxazole rings is 1. The molecule has 1 aliphatic rings. The highest BCUT2D eigenvalue weighted by Gasteiger charge is 2.26. The Hall–Kier alpha value is -2.18. The highest BCUT2D eigenvalue weighted by atomic mass is 16.3. The Morgan fingerprint density at radius 3 is 3.00 bits per heavy atom. The number of aliphatic hydroxyl groups excluding tert-OH is 1. The molecule has 1 N–H and O–H groups in total. The van der Waals surface area contributed by atoms with E-state index < -0.39 is 6.10 Å². The van der Waals surface area contributed by atoms with Crippen molar-refractivity contribution in [3.8, 4) is 0 Å². The van der Waals surface area contributed by atoms with E-state index in [0.29, 0.717) is 19.0 Å². The molecule has 126 valence electrons. The molecule has 4 rings (SSSR count). The number of para-hydroxylation sites is 2. The maximum atomic E-state index is 10.3. The van der Waals surface area contributed by atoms with Gasteiger partial charge in [-0.15, -0.1) is 0 Å². The Balaban J connectivity index is 1.39. The number of aromatic nitrogens is 3. The Morgan fingerprint density at radius 1 is 1.25 bits per heavy atom. The van der Waals surface area contributed by atoms with Crippen LogP contribution in [0.25, 0.3) is 11.1 Å². The van der Waals surface area contributed by atoms with Gasteiger partial charge in [-0.1, -0.05) is 12.1 Å². The van der Waals surface area contributed by atoms with Crippen LogP contribution in [0, 0.1) is 0 Å². The zero-order valence-electron chi connectivity index (χ0n) is 13.6. The summed E-state index contributed by atoms with van der Waals surface area (Å²) in [4.78, 5) is 6.94. The Labute approximate surface area is 140 Å². The van der Waals surface area contributed by atoms with E-state index in [4.69, 9.17) is 4.42 Å². The summed E-state index contributed by atoms with van der Waals surface area (Å²) in [7, 11) is 0. The summed E-state index contributed by atoms with van der Waals surface area (Å²) in [5, 5.41) is 14.5. The smallest absolute Gasteiger partial charge is 0.199 e.